The Balaban J connectivity index is 1.81. The minimum absolute atomic E-state index is 0.0752. The Labute approximate surface area is 168 Å². The molecule has 0 aliphatic rings. The van der Waals surface area contributed by atoms with Gasteiger partial charge in [0.05, 0.1) is 18.4 Å². The summed E-state index contributed by atoms with van der Waals surface area (Å²) in [6.07, 6.45) is 0. The first-order valence-corrected chi connectivity index (χ1v) is 8.94. The van der Waals surface area contributed by atoms with Crippen molar-refractivity contribution < 1.29 is 9.53 Å². The molecule has 4 rings (SSSR count). The van der Waals surface area contributed by atoms with E-state index in [1.165, 1.54) is 13.2 Å². The first-order valence-electron chi connectivity index (χ1n) is 8.56. The molecular weight excluding hydrogens is 396 g/mol. The molecule has 146 valence electrons. The number of aromatic nitrogens is 3. The summed E-state index contributed by atoms with van der Waals surface area (Å²) in [6, 6.07) is 14.8. The molecular formula is C20H15ClN4O4. The van der Waals surface area contributed by atoms with E-state index in [0.29, 0.717) is 22.0 Å². The van der Waals surface area contributed by atoms with E-state index >= 15 is 0 Å². The summed E-state index contributed by atoms with van der Waals surface area (Å²) in [5.74, 6) is -0.181. The van der Waals surface area contributed by atoms with Crippen molar-refractivity contribution in [3.8, 4) is 17.0 Å². The molecule has 9 heteroatoms. The van der Waals surface area contributed by atoms with E-state index in [2.05, 4.69) is 15.4 Å². The van der Waals surface area contributed by atoms with E-state index in [9.17, 15) is 14.4 Å². The van der Waals surface area contributed by atoms with Gasteiger partial charge in [0.15, 0.2) is 11.3 Å². The number of anilines is 1. The van der Waals surface area contributed by atoms with Crippen LogP contribution in [0.25, 0.3) is 16.9 Å². The molecule has 0 saturated heterocycles. The smallest absolute Gasteiger partial charge is 0.290 e. The van der Waals surface area contributed by atoms with Crippen LogP contribution in [0.15, 0.2) is 64.2 Å². The highest BCUT2D eigenvalue weighted by atomic mass is 35.5. The fourth-order valence-corrected chi connectivity index (χ4v) is 3.11. The van der Waals surface area contributed by atoms with E-state index in [1.54, 1.807) is 48.5 Å². The average Bonchev–Trinajstić information content (AvgIpc) is 3.04. The SMILES string of the molecule is COc1ccccc1C(=O)Nc1c(=O)[nH]n2c(=O)cc(-c3ccc(Cl)cc3)[nH]c12. The molecule has 3 N–H and O–H groups in total. The summed E-state index contributed by atoms with van der Waals surface area (Å²) in [5.41, 5.74) is 0.408. The van der Waals surface area contributed by atoms with Gasteiger partial charge in [-0.25, -0.2) is 0 Å². The van der Waals surface area contributed by atoms with E-state index in [-0.39, 0.29) is 16.9 Å². The van der Waals surface area contributed by atoms with Crippen LogP contribution < -0.4 is 21.2 Å². The minimum atomic E-state index is -0.616. The maximum atomic E-state index is 12.7. The number of hydrogen-bond donors (Lipinski definition) is 3. The molecule has 0 unspecified atom stereocenters. The summed E-state index contributed by atoms with van der Waals surface area (Å²) in [6.45, 7) is 0. The van der Waals surface area contributed by atoms with Gasteiger partial charge in [0, 0.05) is 11.1 Å². The van der Waals surface area contributed by atoms with E-state index in [1.807, 2.05) is 0 Å². The zero-order chi connectivity index (χ0) is 20.5. The molecule has 4 aromatic rings. The normalized spacial score (nSPS) is 10.8. The predicted octanol–water partition coefficient (Wildman–Crippen LogP) is 2.90. The average molecular weight is 411 g/mol. The third kappa shape index (κ3) is 3.41. The van der Waals surface area contributed by atoms with Crippen molar-refractivity contribution in [2.75, 3.05) is 12.4 Å². The van der Waals surface area contributed by atoms with Crippen LogP contribution in [0.5, 0.6) is 5.75 Å². The number of amides is 1. The van der Waals surface area contributed by atoms with Crippen molar-refractivity contribution in [3.63, 3.8) is 0 Å². The number of rotatable bonds is 4. The van der Waals surface area contributed by atoms with Crippen LogP contribution in [-0.2, 0) is 0 Å². The second kappa shape index (κ2) is 7.33. The summed E-state index contributed by atoms with van der Waals surface area (Å²) < 4.78 is 6.23. The van der Waals surface area contributed by atoms with Crippen LogP contribution in [0, 0.1) is 0 Å². The Morgan fingerprint density at radius 1 is 1.10 bits per heavy atom. The maximum absolute atomic E-state index is 12.7. The van der Waals surface area contributed by atoms with Crippen molar-refractivity contribution in [1.82, 2.24) is 14.6 Å². The van der Waals surface area contributed by atoms with Crippen molar-refractivity contribution in [3.05, 3.63) is 85.9 Å². The number of nitrogens with zero attached hydrogens (tertiary/aromatic N) is 1. The zero-order valence-electron chi connectivity index (χ0n) is 15.2. The number of carbonyl (C=O) groups excluding carboxylic acids is 1. The van der Waals surface area contributed by atoms with Crippen molar-refractivity contribution in [1.29, 1.82) is 0 Å². The van der Waals surface area contributed by atoms with Gasteiger partial charge in [0.25, 0.3) is 17.0 Å². The second-order valence-corrected chi connectivity index (χ2v) is 6.62. The van der Waals surface area contributed by atoms with Crippen molar-refractivity contribution >= 4 is 28.8 Å². The highest BCUT2D eigenvalue weighted by Gasteiger charge is 2.18. The highest BCUT2D eigenvalue weighted by molar-refractivity contribution is 6.30. The minimum Gasteiger partial charge on any atom is -0.496 e. The second-order valence-electron chi connectivity index (χ2n) is 6.18. The van der Waals surface area contributed by atoms with Crippen molar-refractivity contribution in [2.45, 2.75) is 0 Å². The summed E-state index contributed by atoms with van der Waals surface area (Å²) >= 11 is 5.91. The monoisotopic (exact) mass is 410 g/mol. The lowest BCUT2D eigenvalue weighted by molar-refractivity contribution is 0.102. The van der Waals surface area contributed by atoms with Gasteiger partial charge in [-0.2, -0.15) is 4.52 Å². The Hall–Kier alpha value is -3.78. The highest BCUT2D eigenvalue weighted by Crippen LogP contribution is 2.22. The molecule has 0 atom stereocenters. The zero-order valence-corrected chi connectivity index (χ0v) is 15.9. The number of ether oxygens (including phenoxy) is 1. The summed E-state index contributed by atoms with van der Waals surface area (Å²) in [4.78, 5) is 40.6. The Morgan fingerprint density at radius 2 is 1.83 bits per heavy atom. The number of nitrogens with one attached hydrogen (secondary N) is 3. The number of hydrogen-bond acceptors (Lipinski definition) is 4. The molecule has 0 radical (unpaired) electrons. The lowest BCUT2D eigenvalue weighted by Crippen LogP contribution is -2.18. The van der Waals surface area contributed by atoms with Crippen LogP contribution >= 0.6 is 11.6 Å². The molecule has 0 bridgehead atoms. The molecule has 0 aliphatic carbocycles. The fraction of sp³-hybridized carbons (Fsp3) is 0.0500. The fourth-order valence-electron chi connectivity index (χ4n) is 2.98. The van der Waals surface area contributed by atoms with Gasteiger partial charge in [-0.3, -0.25) is 19.5 Å². The molecule has 0 saturated carbocycles. The molecule has 1 amide bonds. The van der Waals surface area contributed by atoms with Gasteiger partial charge in [-0.05, 0) is 29.8 Å². The number of fused-ring (bicyclic) bond motifs is 1. The van der Waals surface area contributed by atoms with E-state index in [0.717, 1.165) is 4.52 Å². The number of para-hydroxylation sites is 1. The molecule has 0 spiro atoms. The third-order valence-corrected chi connectivity index (χ3v) is 4.64. The molecule has 0 aliphatic heterocycles. The van der Waals surface area contributed by atoms with E-state index < -0.39 is 17.0 Å². The molecule has 29 heavy (non-hydrogen) atoms. The van der Waals surface area contributed by atoms with Crippen molar-refractivity contribution in [2.24, 2.45) is 0 Å². The van der Waals surface area contributed by atoms with Crippen LogP contribution in [0.1, 0.15) is 10.4 Å². The van der Waals surface area contributed by atoms with Gasteiger partial charge < -0.3 is 15.0 Å². The number of aromatic amines is 2. The third-order valence-electron chi connectivity index (χ3n) is 4.39. The molecule has 0 fully saturated rings. The number of H-pyrrole nitrogens is 2. The van der Waals surface area contributed by atoms with Crippen LogP contribution in [0.2, 0.25) is 5.02 Å². The Morgan fingerprint density at radius 3 is 2.55 bits per heavy atom. The quantitative estimate of drug-likeness (QED) is 0.480. The number of carbonyl (C=O) groups is 1. The van der Waals surface area contributed by atoms with Gasteiger partial charge in [-0.1, -0.05) is 35.9 Å². The summed E-state index contributed by atoms with van der Waals surface area (Å²) in [5, 5.41) is 5.54. The molecule has 2 heterocycles. The predicted molar refractivity (Wildman–Crippen MR) is 110 cm³/mol. The van der Waals surface area contributed by atoms with Gasteiger partial charge in [0.1, 0.15) is 5.75 Å². The first-order chi connectivity index (χ1) is 14.0. The van der Waals surface area contributed by atoms with Crippen LogP contribution in [0.4, 0.5) is 5.69 Å². The van der Waals surface area contributed by atoms with Gasteiger partial charge in [0.2, 0.25) is 0 Å². The van der Waals surface area contributed by atoms with Gasteiger partial charge in [-0.15, -0.1) is 0 Å². The maximum Gasteiger partial charge on any atom is 0.290 e. The lowest BCUT2D eigenvalue weighted by Gasteiger charge is -2.08. The summed E-state index contributed by atoms with van der Waals surface area (Å²) in [7, 11) is 1.45. The largest absolute Gasteiger partial charge is 0.496 e. The van der Waals surface area contributed by atoms with Crippen LogP contribution in [-0.4, -0.2) is 27.6 Å². The van der Waals surface area contributed by atoms with Crippen LogP contribution in [0.3, 0.4) is 0 Å². The first kappa shape index (κ1) is 18.6. The molecule has 2 aromatic heterocycles. The Bertz CT molecular complexity index is 1340. The molecule has 8 nitrogen and oxygen atoms in total. The lowest BCUT2D eigenvalue weighted by atomic mass is 10.1. The topological polar surface area (TPSA) is 108 Å². The Kier molecular flexibility index (Phi) is 4.69. The van der Waals surface area contributed by atoms with E-state index in [4.69, 9.17) is 16.3 Å². The van der Waals surface area contributed by atoms with Gasteiger partial charge >= 0.3 is 0 Å². The molecule has 2 aromatic carbocycles. The number of methoxy groups -OCH3 is 1. The number of halogens is 1. The standard InChI is InChI=1S/C20H15ClN4O4/c1-29-15-5-3-2-4-13(15)19(27)23-17-18-22-14(11-6-8-12(21)9-7-11)10-16(26)25(18)24-20(17)28/h2-10,22H,1H3,(H,23,27)(H,24,28). The number of benzene rings is 2.